The van der Waals surface area contributed by atoms with Crippen molar-refractivity contribution in [2.45, 2.75) is 46.6 Å². The highest BCUT2D eigenvalue weighted by atomic mass is 16.1. The number of aromatic nitrogens is 1. The molecule has 4 nitrogen and oxygen atoms in total. The third-order valence-electron chi connectivity index (χ3n) is 3.51. The lowest BCUT2D eigenvalue weighted by molar-refractivity contribution is 0.0925. The smallest absolute Gasteiger partial charge is 0.255 e. The summed E-state index contributed by atoms with van der Waals surface area (Å²) in [6.07, 6.45) is 3.84. The molecule has 19 heavy (non-hydrogen) atoms. The molecule has 0 aliphatic rings. The molecule has 0 saturated heterocycles. The minimum absolute atomic E-state index is 0.0524. The van der Waals surface area contributed by atoms with Crippen LogP contribution >= 0.6 is 0 Å². The molecule has 1 aromatic rings. The van der Waals surface area contributed by atoms with Gasteiger partial charge in [-0.05, 0) is 31.9 Å². The second kappa shape index (κ2) is 7.77. The van der Waals surface area contributed by atoms with E-state index < -0.39 is 0 Å². The zero-order valence-corrected chi connectivity index (χ0v) is 12.4. The van der Waals surface area contributed by atoms with Gasteiger partial charge in [-0.2, -0.15) is 0 Å². The zero-order valence-electron chi connectivity index (χ0n) is 12.4. The molecule has 0 radical (unpaired) electrons. The van der Waals surface area contributed by atoms with Crippen molar-refractivity contribution in [3.63, 3.8) is 0 Å². The van der Waals surface area contributed by atoms with Gasteiger partial charge >= 0.3 is 0 Å². The molecule has 4 heteroatoms. The number of hydrogen-bond donors (Lipinski definition) is 2. The van der Waals surface area contributed by atoms with Gasteiger partial charge in [0.25, 0.3) is 5.91 Å². The van der Waals surface area contributed by atoms with Gasteiger partial charge in [-0.15, -0.1) is 0 Å². The molecule has 0 aliphatic carbocycles. The predicted octanol–water partition coefficient (Wildman–Crippen LogP) is 3.07. The van der Waals surface area contributed by atoms with Crippen molar-refractivity contribution in [1.29, 1.82) is 0 Å². The first-order valence-corrected chi connectivity index (χ1v) is 7.13. The highest BCUT2D eigenvalue weighted by Gasteiger charge is 2.18. The lowest BCUT2D eigenvalue weighted by Gasteiger charge is -2.23. The quantitative estimate of drug-likeness (QED) is 0.795. The molecular formula is C15H25N3O. The number of nitrogens with zero attached hydrogens (tertiary/aromatic N) is 1. The minimum Gasteiger partial charge on any atom is -0.370 e. The van der Waals surface area contributed by atoms with Crippen LogP contribution in [0.5, 0.6) is 0 Å². The van der Waals surface area contributed by atoms with Crippen LogP contribution in [0.2, 0.25) is 0 Å². The van der Waals surface area contributed by atoms with E-state index in [0.717, 1.165) is 19.4 Å². The maximum atomic E-state index is 12.3. The molecule has 1 heterocycles. The van der Waals surface area contributed by atoms with Gasteiger partial charge in [0.15, 0.2) is 0 Å². The summed E-state index contributed by atoms with van der Waals surface area (Å²) in [6.45, 7) is 9.12. The van der Waals surface area contributed by atoms with Crippen molar-refractivity contribution >= 4 is 11.7 Å². The number of anilines is 1. The van der Waals surface area contributed by atoms with E-state index in [2.05, 4.69) is 36.4 Å². The maximum Gasteiger partial charge on any atom is 0.255 e. The van der Waals surface area contributed by atoms with E-state index in [0.29, 0.717) is 17.3 Å². The molecule has 1 unspecified atom stereocenters. The average molecular weight is 263 g/mol. The zero-order chi connectivity index (χ0) is 14.3. The summed E-state index contributed by atoms with van der Waals surface area (Å²) < 4.78 is 0. The van der Waals surface area contributed by atoms with Gasteiger partial charge in [0.05, 0.1) is 5.56 Å². The molecule has 0 fully saturated rings. The van der Waals surface area contributed by atoms with Gasteiger partial charge in [0, 0.05) is 18.8 Å². The summed E-state index contributed by atoms with van der Waals surface area (Å²) in [4.78, 5) is 16.5. The normalized spacial score (nSPS) is 12.3. The highest BCUT2D eigenvalue weighted by molar-refractivity contribution is 5.98. The fourth-order valence-electron chi connectivity index (χ4n) is 2.30. The van der Waals surface area contributed by atoms with Crippen molar-refractivity contribution in [1.82, 2.24) is 10.3 Å². The summed E-state index contributed by atoms with van der Waals surface area (Å²) in [7, 11) is 0. The molecule has 1 amide bonds. The lowest BCUT2D eigenvalue weighted by atomic mass is 9.95. The molecule has 1 atom stereocenters. The van der Waals surface area contributed by atoms with Crippen LogP contribution in [-0.2, 0) is 0 Å². The first kappa shape index (κ1) is 15.5. The number of pyridine rings is 1. The Balaban J connectivity index is 2.77. The Kier molecular flexibility index (Phi) is 6.33. The van der Waals surface area contributed by atoms with Crippen LogP contribution in [0.4, 0.5) is 5.82 Å². The van der Waals surface area contributed by atoms with E-state index in [4.69, 9.17) is 0 Å². The number of carbonyl (C=O) groups is 1. The molecular weight excluding hydrogens is 238 g/mol. The second-order valence-corrected chi connectivity index (χ2v) is 4.77. The SMILES string of the molecule is CCNc1ncccc1C(=O)NC(C)C(CC)CC. The largest absolute Gasteiger partial charge is 0.370 e. The van der Waals surface area contributed by atoms with Crippen LogP contribution < -0.4 is 10.6 Å². The van der Waals surface area contributed by atoms with E-state index in [1.165, 1.54) is 0 Å². The molecule has 0 spiro atoms. The average Bonchev–Trinajstić information content (AvgIpc) is 2.41. The Morgan fingerprint density at radius 2 is 2.00 bits per heavy atom. The number of hydrogen-bond acceptors (Lipinski definition) is 3. The van der Waals surface area contributed by atoms with Crippen molar-refractivity contribution in [2.24, 2.45) is 5.92 Å². The first-order valence-electron chi connectivity index (χ1n) is 7.13. The predicted molar refractivity (Wildman–Crippen MR) is 79.4 cm³/mol. The molecule has 106 valence electrons. The van der Waals surface area contributed by atoms with Crippen LogP contribution in [0.1, 0.15) is 50.9 Å². The van der Waals surface area contributed by atoms with Gasteiger partial charge in [-0.1, -0.05) is 26.7 Å². The first-order chi connectivity index (χ1) is 9.13. The van der Waals surface area contributed by atoms with Gasteiger partial charge in [-0.25, -0.2) is 4.98 Å². The van der Waals surface area contributed by atoms with Crippen molar-refractivity contribution in [2.75, 3.05) is 11.9 Å². The number of rotatable bonds is 7. The van der Waals surface area contributed by atoms with Crippen molar-refractivity contribution in [3.05, 3.63) is 23.9 Å². The summed E-state index contributed by atoms with van der Waals surface area (Å²) in [5, 5.41) is 6.19. The van der Waals surface area contributed by atoms with Crippen molar-refractivity contribution < 1.29 is 4.79 Å². The van der Waals surface area contributed by atoms with E-state index in [1.54, 1.807) is 18.3 Å². The van der Waals surface area contributed by atoms with Crippen molar-refractivity contribution in [3.8, 4) is 0 Å². The van der Waals surface area contributed by atoms with E-state index in [-0.39, 0.29) is 11.9 Å². The van der Waals surface area contributed by atoms with Crippen LogP contribution in [0.15, 0.2) is 18.3 Å². The van der Waals surface area contributed by atoms with Crippen LogP contribution in [0.3, 0.4) is 0 Å². The van der Waals surface area contributed by atoms with Crippen LogP contribution in [-0.4, -0.2) is 23.5 Å². The summed E-state index contributed by atoms with van der Waals surface area (Å²) in [5.74, 6) is 1.12. The van der Waals surface area contributed by atoms with Crippen LogP contribution in [0, 0.1) is 5.92 Å². The summed E-state index contributed by atoms with van der Waals surface area (Å²) in [5.41, 5.74) is 0.613. The fourth-order valence-corrected chi connectivity index (χ4v) is 2.30. The lowest BCUT2D eigenvalue weighted by Crippen LogP contribution is -2.38. The Bertz CT molecular complexity index is 402. The Morgan fingerprint density at radius 1 is 1.32 bits per heavy atom. The topological polar surface area (TPSA) is 54.0 Å². The molecule has 0 aliphatic heterocycles. The molecule has 0 aromatic carbocycles. The Labute approximate surface area is 116 Å². The Morgan fingerprint density at radius 3 is 2.58 bits per heavy atom. The molecule has 1 aromatic heterocycles. The highest BCUT2D eigenvalue weighted by Crippen LogP contribution is 2.15. The monoisotopic (exact) mass is 263 g/mol. The minimum atomic E-state index is -0.0524. The molecule has 0 bridgehead atoms. The van der Waals surface area contributed by atoms with Gasteiger partial charge in [-0.3, -0.25) is 4.79 Å². The fraction of sp³-hybridized carbons (Fsp3) is 0.600. The molecule has 1 rings (SSSR count). The number of carbonyl (C=O) groups excluding carboxylic acids is 1. The third-order valence-corrected chi connectivity index (χ3v) is 3.51. The summed E-state index contributed by atoms with van der Waals surface area (Å²) >= 11 is 0. The molecule has 0 saturated carbocycles. The van der Waals surface area contributed by atoms with E-state index in [1.807, 2.05) is 6.92 Å². The van der Waals surface area contributed by atoms with Gasteiger partial charge < -0.3 is 10.6 Å². The van der Waals surface area contributed by atoms with E-state index in [9.17, 15) is 4.79 Å². The number of amides is 1. The van der Waals surface area contributed by atoms with Gasteiger partial charge in [0.2, 0.25) is 0 Å². The Hall–Kier alpha value is -1.58. The van der Waals surface area contributed by atoms with Crippen LogP contribution in [0.25, 0.3) is 0 Å². The number of nitrogens with one attached hydrogen (secondary N) is 2. The second-order valence-electron chi connectivity index (χ2n) is 4.77. The summed E-state index contributed by atoms with van der Waals surface area (Å²) in [6, 6.07) is 3.77. The maximum absolute atomic E-state index is 12.3. The van der Waals surface area contributed by atoms with E-state index >= 15 is 0 Å². The standard InChI is InChI=1S/C15H25N3O/c1-5-12(6-2)11(4)18-15(19)13-9-8-10-17-14(13)16-7-3/h8-12H,5-7H2,1-4H3,(H,16,17)(H,18,19). The molecule has 2 N–H and O–H groups in total. The third kappa shape index (κ3) is 4.23. The van der Waals surface area contributed by atoms with Gasteiger partial charge in [0.1, 0.15) is 5.82 Å².